The van der Waals surface area contributed by atoms with Crippen LogP contribution in [-0.2, 0) is 24.1 Å². The zero-order chi connectivity index (χ0) is 19.4. The number of hydrogen-bond donors (Lipinski definition) is 2. The zero-order valence-corrected chi connectivity index (χ0v) is 16.7. The molecular formula is C20H26N4O2S. The van der Waals surface area contributed by atoms with Gasteiger partial charge in [-0.3, -0.25) is 14.7 Å². The van der Waals surface area contributed by atoms with E-state index in [1.807, 2.05) is 30.5 Å². The number of aryl methyl sites for hydroxylation is 2. The second-order valence-electron chi connectivity index (χ2n) is 7.27. The number of amides is 1. The number of carbonyl (C=O) groups excluding carboxylic acids is 2. The van der Waals surface area contributed by atoms with Crippen molar-refractivity contribution in [1.82, 2.24) is 20.1 Å². The molecule has 6 nitrogen and oxygen atoms in total. The second-order valence-corrected chi connectivity index (χ2v) is 7.66. The van der Waals surface area contributed by atoms with E-state index in [1.165, 1.54) is 11.1 Å². The molecule has 0 bridgehead atoms. The van der Waals surface area contributed by atoms with E-state index in [4.69, 9.17) is 12.2 Å². The van der Waals surface area contributed by atoms with Gasteiger partial charge in [0.25, 0.3) is 0 Å². The van der Waals surface area contributed by atoms with Gasteiger partial charge in [0.15, 0.2) is 10.6 Å². The zero-order valence-electron chi connectivity index (χ0n) is 15.9. The van der Waals surface area contributed by atoms with Crippen molar-refractivity contribution in [1.29, 1.82) is 0 Å². The highest BCUT2D eigenvalue weighted by molar-refractivity contribution is 7.71. The van der Waals surface area contributed by atoms with E-state index in [9.17, 15) is 9.59 Å². The van der Waals surface area contributed by atoms with E-state index in [0.717, 1.165) is 30.7 Å². The highest BCUT2D eigenvalue weighted by Gasteiger charge is 2.15. The SMILES string of the molecule is CC(C)n1c(CCNC(=O)CCC(=O)c2ccc3c(c2)CCC3)n[nH]c1=S. The highest BCUT2D eigenvalue weighted by atomic mass is 32.1. The summed E-state index contributed by atoms with van der Waals surface area (Å²) in [5.41, 5.74) is 3.35. The third-order valence-electron chi connectivity index (χ3n) is 4.96. The van der Waals surface area contributed by atoms with E-state index in [2.05, 4.69) is 21.6 Å². The molecule has 1 aromatic carbocycles. The van der Waals surface area contributed by atoms with Crippen molar-refractivity contribution in [3.63, 3.8) is 0 Å². The third-order valence-corrected chi connectivity index (χ3v) is 5.25. The lowest BCUT2D eigenvalue weighted by atomic mass is 10.0. The highest BCUT2D eigenvalue weighted by Crippen LogP contribution is 2.23. The lowest BCUT2D eigenvalue weighted by molar-refractivity contribution is -0.121. The van der Waals surface area contributed by atoms with E-state index >= 15 is 0 Å². The van der Waals surface area contributed by atoms with E-state index in [0.29, 0.717) is 17.7 Å². The van der Waals surface area contributed by atoms with Gasteiger partial charge in [-0.1, -0.05) is 12.1 Å². The van der Waals surface area contributed by atoms with Gasteiger partial charge in [-0.05, 0) is 62.5 Å². The van der Waals surface area contributed by atoms with Crippen LogP contribution in [0.3, 0.4) is 0 Å². The van der Waals surface area contributed by atoms with E-state index in [1.54, 1.807) is 0 Å². The van der Waals surface area contributed by atoms with Crippen LogP contribution in [0.4, 0.5) is 0 Å². The molecule has 0 saturated heterocycles. The largest absolute Gasteiger partial charge is 0.356 e. The minimum atomic E-state index is -0.116. The number of carbonyl (C=O) groups is 2. The minimum Gasteiger partial charge on any atom is -0.356 e. The number of nitrogens with zero attached hydrogens (tertiary/aromatic N) is 2. The Hall–Kier alpha value is -2.28. The number of benzene rings is 1. The Kier molecular flexibility index (Phi) is 6.21. The number of Topliss-reactive ketones (excluding diaryl/α,β-unsaturated/α-hetero) is 1. The number of rotatable bonds is 8. The summed E-state index contributed by atoms with van der Waals surface area (Å²) in [6, 6.07) is 6.15. The van der Waals surface area contributed by atoms with Crippen LogP contribution >= 0.6 is 12.2 Å². The maximum atomic E-state index is 12.4. The van der Waals surface area contributed by atoms with Crippen LogP contribution in [0.15, 0.2) is 18.2 Å². The first-order valence-electron chi connectivity index (χ1n) is 9.53. The molecular weight excluding hydrogens is 360 g/mol. The molecule has 1 aliphatic carbocycles. The second kappa shape index (κ2) is 8.61. The molecule has 144 valence electrons. The van der Waals surface area contributed by atoms with Crippen molar-refractivity contribution in [3.8, 4) is 0 Å². The number of nitrogens with one attached hydrogen (secondary N) is 2. The number of aromatic nitrogens is 3. The maximum Gasteiger partial charge on any atom is 0.220 e. The minimum absolute atomic E-state index is 0.0283. The molecule has 2 aromatic rings. The molecule has 1 aromatic heterocycles. The summed E-state index contributed by atoms with van der Waals surface area (Å²) in [5.74, 6) is 0.736. The topological polar surface area (TPSA) is 79.8 Å². The number of aromatic amines is 1. The van der Waals surface area contributed by atoms with Gasteiger partial charge < -0.3 is 9.88 Å². The van der Waals surface area contributed by atoms with Gasteiger partial charge in [0.2, 0.25) is 5.91 Å². The van der Waals surface area contributed by atoms with Gasteiger partial charge in [-0.25, -0.2) is 0 Å². The molecule has 1 amide bonds. The summed E-state index contributed by atoms with van der Waals surface area (Å²) in [7, 11) is 0. The van der Waals surface area contributed by atoms with Crippen molar-refractivity contribution < 1.29 is 9.59 Å². The first-order valence-corrected chi connectivity index (χ1v) is 9.94. The molecule has 2 N–H and O–H groups in total. The average Bonchev–Trinajstić information content (AvgIpc) is 3.25. The lowest BCUT2D eigenvalue weighted by Crippen LogP contribution is -2.27. The van der Waals surface area contributed by atoms with Crippen molar-refractivity contribution in [3.05, 3.63) is 45.5 Å². The number of H-pyrrole nitrogens is 1. The molecule has 3 rings (SSSR count). The molecule has 0 unspecified atom stereocenters. The molecule has 27 heavy (non-hydrogen) atoms. The number of ketones is 1. The smallest absolute Gasteiger partial charge is 0.220 e. The van der Waals surface area contributed by atoms with Crippen LogP contribution in [0.1, 0.15) is 66.5 Å². The number of hydrogen-bond acceptors (Lipinski definition) is 4. The summed E-state index contributed by atoms with van der Waals surface area (Å²) in [4.78, 5) is 24.4. The van der Waals surface area contributed by atoms with Crippen molar-refractivity contribution in [2.24, 2.45) is 0 Å². The van der Waals surface area contributed by atoms with E-state index in [-0.39, 0.29) is 30.6 Å². The molecule has 0 saturated carbocycles. The van der Waals surface area contributed by atoms with Crippen LogP contribution in [0.2, 0.25) is 0 Å². The average molecular weight is 387 g/mol. The lowest BCUT2D eigenvalue weighted by Gasteiger charge is -2.10. The van der Waals surface area contributed by atoms with E-state index < -0.39 is 0 Å². The van der Waals surface area contributed by atoms with Gasteiger partial charge in [0.1, 0.15) is 5.82 Å². The fourth-order valence-corrected chi connectivity index (χ4v) is 3.93. The van der Waals surface area contributed by atoms with Gasteiger partial charge >= 0.3 is 0 Å². The monoisotopic (exact) mass is 386 g/mol. The van der Waals surface area contributed by atoms with Crippen molar-refractivity contribution in [2.75, 3.05) is 6.54 Å². The summed E-state index contributed by atoms with van der Waals surface area (Å²) < 4.78 is 2.53. The van der Waals surface area contributed by atoms with Gasteiger partial charge in [0.05, 0.1) is 0 Å². The van der Waals surface area contributed by atoms with Gasteiger partial charge in [-0.2, -0.15) is 5.10 Å². The number of fused-ring (bicyclic) bond motifs is 1. The molecule has 0 radical (unpaired) electrons. The normalized spacial score (nSPS) is 13.0. The predicted octanol–water partition coefficient (Wildman–Crippen LogP) is 3.33. The Bertz CT molecular complexity index is 898. The Labute approximate surface area is 164 Å². The van der Waals surface area contributed by atoms with Crippen molar-refractivity contribution in [2.45, 2.75) is 58.4 Å². The summed E-state index contributed by atoms with van der Waals surface area (Å²) in [6.07, 6.45) is 4.34. The maximum absolute atomic E-state index is 12.4. The van der Waals surface area contributed by atoms with Crippen LogP contribution in [0.5, 0.6) is 0 Å². The first-order chi connectivity index (χ1) is 13.0. The standard InChI is InChI=1S/C20H26N4O2S/c1-13(2)24-18(22-23-20(24)27)10-11-21-19(26)9-8-17(25)16-7-6-14-4-3-5-15(14)12-16/h6-7,12-13H,3-5,8-11H2,1-2H3,(H,21,26)(H,23,27). The Balaban J connectivity index is 1.45. The molecule has 7 heteroatoms. The fraction of sp³-hybridized carbons (Fsp3) is 0.500. The molecule has 1 heterocycles. The molecule has 1 aliphatic rings. The third kappa shape index (κ3) is 4.71. The molecule has 0 spiro atoms. The van der Waals surface area contributed by atoms with Crippen LogP contribution < -0.4 is 5.32 Å². The molecule has 0 fully saturated rings. The predicted molar refractivity (Wildman–Crippen MR) is 107 cm³/mol. The Morgan fingerprint density at radius 1 is 1.26 bits per heavy atom. The van der Waals surface area contributed by atoms with Crippen LogP contribution in [-0.4, -0.2) is 33.0 Å². The summed E-state index contributed by atoms with van der Waals surface area (Å²) >= 11 is 5.22. The Morgan fingerprint density at radius 2 is 2.04 bits per heavy atom. The quantitative estimate of drug-likeness (QED) is 0.539. The fourth-order valence-electron chi connectivity index (χ4n) is 3.56. The van der Waals surface area contributed by atoms with Crippen LogP contribution in [0, 0.1) is 4.77 Å². The molecule has 0 aliphatic heterocycles. The van der Waals surface area contributed by atoms with Gasteiger partial charge in [0, 0.05) is 37.4 Å². The summed E-state index contributed by atoms with van der Waals surface area (Å²) in [6.45, 7) is 4.55. The van der Waals surface area contributed by atoms with Gasteiger partial charge in [-0.15, -0.1) is 0 Å². The molecule has 0 atom stereocenters. The Morgan fingerprint density at radius 3 is 2.81 bits per heavy atom. The van der Waals surface area contributed by atoms with Crippen LogP contribution in [0.25, 0.3) is 0 Å². The first kappa shape index (κ1) is 19.5. The van der Waals surface area contributed by atoms with Crippen molar-refractivity contribution >= 4 is 23.9 Å². The summed E-state index contributed by atoms with van der Waals surface area (Å²) in [5, 5.41) is 9.87.